The molecule has 1 aromatic heterocycles. The molecule has 0 spiro atoms. The normalized spacial score (nSPS) is 27.6. The Hall–Kier alpha value is -0.990. The number of nitrogens with zero attached hydrogens (tertiary/aromatic N) is 2. The molecule has 2 fully saturated rings. The quantitative estimate of drug-likeness (QED) is 0.875. The molecular formula is C16H27N3. The molecule has 2 aliphatic rings. The van der Waals surface area contributed by atoms with Gasteiger partial charge in [0.05, 0.1) is 0 Å². The van der Waals surface area contributed by atoms with Crippen molar-refractivity contribution in [3.8, 4) is 0 Å². The summed E-state index contributed by atoms with van der Waals surface area (Å²) < 4.78 is 2.39. The van der Waals surface area contributed by atoms with Crippen molar-refractivity contribution in [2.45, 2.75) is 77.3 Å². The third kappa shape index (κ3) is 2.65. The molecule has 0 saturated heterocycles. The molecule has 0 bridgehead atoms. The van der Waals surface area contributed by atoms with Gasteiger partial charge in [0.25, 0.3) is 0 Å². The first-order chi connectivity index (χ1) is 9.17. The summed E-state index contributed by atoms with van der Waals surface area (Å²) in [4.78, 5) is 4.57. The maximum atomic E-state index is 4.57. The van der Waals surface area contributed by atoms with Crippen LogP contribution in [0, 0.1) is 5.41 Å². The monoisotopic (exact) mass is 261 g/mol. The maximum Gasteiger partial charge on any atom is 0.203 e. The number of rotatable bonds is 3. The predicted molar refractivity (Wildman–Crippen MR) is 79.4 cm³/mol. The SMILES string of the molecule is CC1(C)CCCCC1Nc1nccn1C1CCCC1. The highest BCUT2D eigenvalue weighted by molar-refractivity contribution is 5.30. The lowest BCUT2D eigenvalue weighted by Gasteiger charge is -2.39. The van der Waals surface area contributed by atoms with Crippen molar-refractivity contribution in [3.63, 3.8) is 0 Å². The fourth-order valence-corrected chi connectivity index (χ4v) is 3.82. The molecule has 3 rings (SSSR count). The van der Waals surface area contributed by atoms with Crippen LogP contribution in [0.3, 0.4) is 0 Å². The van der Waals surface area contributed by atoms with Crippen LogP contribution in [-0.4, -0.2) is 15.6 Å². The minimum absolute atomic E-state index is 0.394. The van der Waals surface area contributed by atoms with Crippen molar-refractivity contribution >= 4 is 5.95 Å². The lowest BCUT2D eigenvalue weighted by molar-refractivity contribution is 0.215. The third-order valence-corrected chi connectivity index (χ3v) is 5.20. The van der Waals surface area contributed by atoms with Crippen molar-refractivity contribution < 1.29 is 0 Å². The molecule has 2 aliphatic carbocycles. The van der Waals surface area contributed by atoms with Gasteiger partial charge < -0.3 is 9.88 Å². The fourth-order valence-electron chi connectivity index (χ4n) is 3.82. The Morgan fingerprint density at radius 3 is 2.63 bits per heavy atom. The average Bonchev–Trinajstić information content (AvgIpc) is 3.01. The first-order valence-corrected chi connectivity index (χ1v) is 7.96. The highest BCUT2D eigenvalue weighted by atomic mass is 15.2. The van der Waals surface area contributed by atoms with E-state index in [4.69, 9.17) is 0 Å². The van der Waals surface area contributed by atoms with E-state index >= 15 is 0 Å². The minimum Gasteiger partial charge on any atom is -0.352 e. The largest absolute Gasteiger partial charge is 0.352 e. The molecule has 1 atom stereocenters. The van der Waals surface area contributed by atoms with Crippen LogP contribution in [0.15, 0.2) is 12.4 Å². The van der Waals surface area contributed by atoms with Crippen LogP contribution in [0.4, 0.5) is 5.95 Å². The Kier molecular flexibility index (Phi) is 3.55. The van der Waals surface area contributed by atoms with E-state index in [1.165, 1.54) is 51.4 Å². The number of anilines is 1. The van der Waals surface area contributed by atoms with E-state index in [1.807, 2.05) is 6.20 Å². The molecule has 0 radical (unpaired) electrons. The highest BCUT2D eigenvalue weighted by Crippen LogP contribution is 2.38. The Morgan fingerprint density at radius 1 is 1.16 bits per heavy atom. The summed E-state index contributed by atoms with van der Waals surface area (Å²) in [5, 5.41) is 3.75. The lowest BCUT2D eigenvalue weighted by Crippen LogP contribution is -2.39. The summed E-state index contributed by atoms with van der Waals surface area (Å²) in [6, 6.07) is 1.25. The first-order valence-electron chi connectivity index (χ1n) is 7.96. The van der Waals surface area contributed by atoms with Crippen LogP contribution < -0.4 is 5.32 Å². The third-order valence-electron chi connectivity index (χ3n) is 5.20. The van der Waals surface area contributed by atoms with E-state index < -0.39 is 0 Å². The highest BCUT2D eigenvalue weighted by Gasteiger charge is 2.33. The van der Waals surface area contributed by atoms with E-state index in [0.29, 0.717) is 17.5 Å². The second-order valence-corrected chi connectivity index (χ2v) is 7.03. The Bertz CT molecular complexity index is 415. The van der Waals surface area contributed by atoms with E-state index in [2.05, 4.69) is 34.9 Å². The smallest absolute Gasteiger partial charge is 0.203 e. The van der Waals surface area contributed by atoms with Crippen molar-refractivity contribution in [2.24, 2.45) is 5.41 Å². The van der Waals surface area contributed by atoms with Crippen molar-refractivity contribution in [1.82, 2.24) is 9.55 Å². The number of hydrogen-bond donors (Lipinski definition) is 1. The molecule has 3 heteroatoms. The van der Waals surface area contributed by atoms with E-state index in [0.717, 1.165) is 5.95 Å². The standard InChI is InChI=1S/C16H27N3/c1-16(2)10-6-5-9-14(16)18-15-17-11-12-19(15)13-7-3-4-8-13/h11-14H,3-10H2,1-2H3,(H,17,18). The maximum absolute atomic E-state index is 4.57. The van der Waals surface area contributed by atoms with Crippen LogP contribution in [0.25, 0.3) is 0 Å². The summed E-state index contributed by atoms with van der Waals surface area (Å²) >= 11 is 0. The van der Waals surface area contributed by atoms with Crippen molar-refractivity contribution in [1.29, 1.82) is 0 Å². The van der Waals surface area contributed by atoms with Gasteiger partial charge in [0, 0.05) is 24.5 Å². The summed E-state index contributed by atoms with van der Waals surface area (Å²) in [7, 11) is 0. The molecular weight excluding hydrogens is 234 g/mol. The fraction of sp³-hybridized carbons (Fsp3) is 0.812. The topological polar surface area (TPSA) is 29.9 Å². The van der Waals surface area contributed by atoms with E-state index in [1.54, 1.807) is 0 Å². The van der Waals surface area contributed by atoms with Crippen LogP contribution >= 0.6 is 0 Å². The van der Waals surface area contributed by atoms with E-state index in [9.17, 15) is 0 Å². The lowest BCUT2D eigenvalue weighted by atomic mass is 9.73. The molecule has 1 N–H and O–H groups in total. The van der Waals surface area contributed by atoms with Gasteiger partial charge in [0.2, 0.25) is 5.95 Å². The minimum atomic E-state index is 0.394. The van der Waals surface area contributed by atoms with Gasteiger partial charge in [-0.3, -0.25) is 0 Å². The van der Waals surface area contributed by atoms with Crippen LogP contribution in [-0.2, 0) is 0 Å². The van der Waals surface area contributed by atoms with Gasteiger partial charge in [-0.15, -0.1) is 0 Å². The molecule has 2 saturated carbocycles. The summed E-state index contributed by atoms with van der Waals surface area (Å²) in [5.74, 6) is 1.10. The Labute approximate surface area is 116 Å². The predicted octanol–water partition coefficient (Wildman–Crippen LogP) is 4.38. The zero-order valence-electron chi connectivity index (χ0n) is 12.4. The molecule has 0 amide bonds. The molecule has 1 aromatic rings. The number of imidazole rings is 1. The number of aromatic nitrogens is 2. The van der Waals surface area contributed by atoms with Gasteiger partial charge in [-0.2, -0.15) is 0 Å². The second-order valence-electron chi connectivity index (χ2n) is 7.03. The molecule has 106 valence electrons. The van der Waals surface area contributed by atoms with E-state index in [-0.39, 0.29) is 0 Å². The summed E-state index contributed by atoms with van der Waals surface area (Å²) in [6.45, 7) is 4.79. The zero-order chi connectivity index (χ0) is 13.3. The summed E-state index contributed by atoms with van der Waals surface area (Å²) in [5.41, 5.74) is 0.394. The molecule has 1 heterocycles. The molecule has 19 heavy (non-hydrogen) atoms. The van der Waals surface area contributed by atoms with Crippen LogP contribution in [0.5, 0.6) is 0 Å². The molecule has 0 aromatic carbocycles. The Balaban J connectivity index is 1.74. The van der Waals surface area contributed by atoms with Gasteiger partial charge in [0.15, 0.2) is 0 Å². The van der Waals surface area contributed by atoms with Crippen LogP contribution in [0.2, 0.25) is 0 Å². The van der Waals surface area contributed by atoms with Gasteiger partial charge in [-0.25, -0.2) is 4.98 Å². The second kappa shape index (κ2) is 5.18. The van der Waals surface area contributed by atoms with Gasteiger partial charge in [-0.1, -0.05) is 39.5 Å². The van der Waals surface area contributed by atoms with Crippen LogP contribution in [0.1, 0.15) is 71.3 Å². The number of nitrogens with one attached hydrogen (secondary N) is 1. The first kappa shape index (κ1) is 13.0. The van der Waals surface area contributed by atoms with Crippen molar-refractivity contribution in [2.75, 3.05) is 5.32 Å². The molecule has 0 aliphatic heterocycles. The van der Waals surface area contributed by atoms with Gasteiger partial charge in [-0.05, 0) is 31.1 Å². The Morgan fingerprint density at radius 2 is 1.89 bits per heavy atom. The molecule has 1 unspecified atom stereocenters. The van der Waals surface area contributed by atoms with Crippen molar-refractivity contribution in [3.05, 3.63) is 12.4 Å². The van der Waals surface area contributed by atoms with Gasteiger partial charge >= 0.3 is 0 Å². The molecule has 3 nitrogen and oxygen atoms in total. The zero-order valence-corrected chi connectivity index (χ0v) is 12.4. The average molecular weight is 261 g/mol. The number of hydrogen-bond acceptors (Lipinski definition) is 2. The van der Waals surface area contributed by atoms with Gasteiger partial charge in [0.1, 0.15) is 0 Å². The summed E-state index contributed by atoms with van der Waals surface area (Å²) in [6.07, 6.45) is 14.8.